The zero-order valence-electron chi connectivity index (χ0n) is 16.0. The summed E-state index contributed by atoms with van der Waals surface area (Å²) in [6.07, 6.45) is 4.81. The van der Waals surface area contributed by atoms with Gasteiger partial charge in [-0.3, -0.25) is 14.9 Å². The lowest BCUT2D eigenvalue weighted by Crippen LogP contribution is -2.45. The topological polar surface area (TPSA) is 99.3 Å². The Labute approximate surface area is 169 Å². The number of amides is 1. The summed E-state index contributed by atoms with van der Waals surface area (Å²) in [4.78, 5) is 25.7. The number of piperidine rings is 1. The summed E-state index contributed by atoms with van der Waals surface area (Å²) in [6, 6.07) is 15.6. The minimum atomic E-state index is -0.410. The van der Waals surface area contributed by atoms with E-state index in [1.165, 1.54) is 12.1 Å². The van der Waals surface area contributed by atoms with E-state index in [0.29, 0.717) is 11.1 Å². The Hall–Kier alpha value is -3.50. The van der Waals surface area contributed by atoms with Crippen LogP contribution in [0.2, 0.25) is 0 Å². The molecule has 29 heavy (non-hydrogen) atoms. The van der Waals surface area contributed by atoms with Crippen LogP contribution in [0.5, 0.6) is 0 Å². The van der Waals surface area contributed by atoms with Crippen LogP contribution in [0, 0.1) is 21.4 Å². The van der Waals surface area contributed by atoms with Crippen molar-refractivity contribution in [3.05, 3.63) is 81.4 Å². The highest BCUT2D eigenvalue weighted by atomic mass is 16.6. The molecule has 0 spiro atoms. The molecule has 1 heterocycles. The van der Waals surface area contributed by atoms with Gasteiger partial charge in [0.2, 0.25) is 5.91 Å². The van der Waals surface area contributed by atoms with Crippen molar-refractivity contribution in [1.82, 2.24) is 10.2 Å². The number of para-hydroxylation sites is 1. The van der Waals surface area contributed by atoms with Crippen molar-refractivity contribution in [3.63, 3.8) is 0 Å². The van der Waals surface area contributed by atoms with Crippen LogP contribution in [0.1, 0.15) is 29.5 Å². The molecule has 1 aliphatic rings. The van der Waals surface area contributed by atoms with Gasteiger partial charge in [-0.1, -0.05) is 30.3 Å². The molecule has 0 aromatic heterocycles. The highest BCUT2D eigenvalue weighted by Crippen LogP contribution is 2.23. The third-order valence-electron chi connectivity index (χ3n) is 5.02. The van der Waals surface area contributed by atoms with Gasteiger partial charge in [-0.2, -0.15) is 5.26 Å². The van der Waals surface area contributed by atoms with Gasteiger partial charge in [-0.15, -0.1) is 0 Å². The van der Waals surface area contributed by atoms with Gasteiger partial charge in [0.15, 0.2) is 0 Å². The van der Waals surface area contributed by atoms with Gasteiger partial charge in [0.05, 0.1) is 23.1 Å². The molecule has 148 valence electrons. The number of nitriles is 1. The maximum atomic E-state index is 13.0. The number of nitrogens with one attached hydrogen (secondary N) is 1. The molecule has 2 aromatic carbocycles. The summed E-state index contributed by atoms with van der Waals surface area (Å²) in [5.41, 5.74) is 1.92. The minimum Gasteiger partial charge on any atom is -0.331 e. The monoisotopic (exact) mass is 390 g/mol. The number of nitrogens with zero attached hydrogens (tertiary/aromatic N) is 3. The summed E-state index contributed by atoms with van der Waals surface area (Å²) in [6.45, 7) is 1.81. The molecule has 2 aromatic rings. The first-order chi connectivity index (χ1) is 14.1. The van der Waals surface area contributed by atoms with Crippen LogP contribution in [0.3, 0.4) is 0 Å². The average molecular weight is 390 g/mol. The maximum Gasteiger partial charge on any atom is 0.274 e. The fraction of sp³-hybridized carbons (Fsp3) is 0.273. The Kier molecular flexibility index (Phi) is 6.72. The second-order valence-electron chi connectivity index (χ2n) is 6.90. The van der Waals surface area contributed by atoms with Gasteiger partial charge in [0.25, 0.3) is 5.69 Å². The van der Waals surface area contributed by atoms with E-state index < -0.39 is 4.92 Å². The van der Waals surface area contributed by atoms with Crippen molar-refractivity contribution in [2.24, 2.45) is 0 Å². The Morgan fingerprint density at radius 3 is 2.55 bits per heavy atom. The second kappa shape index (κ2) is 9.62. The molecule has 1 amide bonds. The molecule has 1 saturated heterocycles. The van der Waals surface area contributed by atoms with Crippen molar-refractivity contribution in [2.45, 2.75) is 25.4 Å². The fourth-order valence-electron chi connectivity index (χ4n) is 3.44. The third-order valence-corrected chi connectivity index (χ3v) is 5.02. The molecule has 7 nitrogen and oxygen atoms in total. The highest BCUT2D eigenvalue weighted by molar-refractivity contribution is 5.92. The summed E-state index contributed by atoms with van der Waals surface area (Å²) >= 11 is 0. The molecule has 0 unspecified atom stereocenters. The van der Waals surface area contributed by atoms with Gasteiger partial charge in [-0.05, 0) is 49.7 Å². The quantitative estimate of drug-likeness (QED) is 0.464. The van der Waals surface area contributed by atoms with Crippen LogP contribution in [-0.2, 0) is 11.3 Å². The van der Waals surface area contributed by atoms with E-state index in [0.717, 1.165) is 31.5 Å². The van der Waals surface area contributed by atoms with E-state index >= 15 is 0 Å². The van der Waals surface area contributed by atoms with Crippen LogP contribution < -0.4 is 5.32 Å². The molecule has 1 fully saturated rings. The summed E-state index contributed by atoms with van der Waals surface area (Å²) in [5, 5.41) is 23.5. The fourth-order valence-corrected chi connectivity index (χ4v) is 3.44. The van der Waals surface area contributed by atoms with Crippen LogP contribution >= 0.6 is 0 Å². The normalized spacial score (nSPS) is 14.4. The van der Waals surface area contributed by atoms with E-state index in [9.17, 15) is 14.9 Å². The van der Waals surface area contributed by atoms with Crippen LogP contribution in [0.15, 0.2) is 54.6 Å². The summed E-state index contributed by atoms with van der Waals surface area (Å²) in [5.74, 6) is -0.181. The Morgan fingerprint density at radius 2 is 1.90 bits per heavy atom. The van der Waals surface area contributed by atoms with Gasteiger partial charge in [0.1, 0.15) is 0 Å². The standard InChI is InChI=1S/C22H22N4O3/c23-15-18-7-5-17(6-8-18)9-10-22(27)25(20-11-13-24-14-12-20)16-19-3-1-2-4-21(19)26(28)29/h1-10,20,24H,11-14,16H2/b10-9+. The number of carbonyl (C=O) groups is 1. The lowest BCUT2D eigenvalue weighted by atomic mass is 10.0. The number of nitro groups is 1. The van der Waals surface area contributed by atoms with Crippen molar-refractivity contribution in [1.29, 1.82) is 5.26 Å². The summed E-state index contributed by atoms with van der Waals surface area (Å²) < 4.78 is 0. The molecule has 0 bridgehead atoms. The molecular weight excluding hydrogens is 368 g/mol. The average Bonchev–Trinajstić information content (AvgIpc) is 2.77. The molecule has 0 atom stereocenters. The molecule has 7 heteroatoms. The molecule has 1 aliphatic heterocycles. The van der Waals surface area contributed by atoms with Crippen LogP contribution in [0.4, 0.5) is 5.69 Å². The van der Waals surface area contributed by atoms with Crippen LogP contribution in [0.25, 0.3) is 6.08 Å². The lowest BCUT2D eigenvalue weighted by Gasteiger charge is -2.34. The number of benzene rings is 2. The van der Waals surface area contributed by atoms with Gasteiger partial charge in [-0.25, -0.2) is 0 Å². The first kappa shape index (κ1) is 20.2. The molecule has 0 aliphatic carbocycles. The number of rotatable bonds is 6. The second-order valence-corrected chi connectivity index (χ2v) is 6.90. The molecule has 0 radical (unpaired) electrons. The Bertz CT molecular complexity index is 941. The van der Waals surface area contributed by atoms with Crippen molar-refractivity contribution in [3.8, 4) is 6.07 Å². The Balaban J connectivity index is 1.83. The van der Waals surface area contributed by atoms with Crippen molar-refractivity contribution >= 4 is 17.7 Å². The lowest BCUT2D eigenvalue weighted by molar-refractivity contribution is -0.385. The van der Waals surface area contributed by atoms with E-state index in [1.807, 2.05) is 0 Å². The highest BCUT2D eigenvalue weighted by Gasteiger charge is 2.26. The number of nitro benzene ring substituents is 1. The predicted molar refractivity (Wildman–Crippen MR) is 110 cm³/mol. The van der Waals surface area contributed by atoms with E-state index in [4.69, 9.17) is 5.26 Å². The predicted octanol–water partition coefficient (Wildman–Crippen LogP) is 3.26. The maximum absolute atomic E-state index is 13.0. The van der Waals surface area contributed by atoms with Crippen molar-refractivity contribution in [2.75, 3.05) is 13.1 Å². The smallest absolute Gasteiger partial charge is 0.274 e. The number of carbonyl (C=O) groups excluding carboxylic acids is 1. The Morgan fingerprint density at radius 1 is 1.21 bits per heavy atom. The molecular formula is C22H22N4O3. The van der Waals surface area contributed by atoms with Gasteiger partial charge in [0, 0.05) is 23.7 Å². The first-order valence-corrected chi connectivity index (χ1v) is 9.50. The molecule has 0 saturated carbocycles. The zero-order valence-corrected chi connectivity index (χ0v) is 16.0. The third kappa shape index (κ3) is 5.27. The van der Waals surface area contributed by atoms with Gasteiger partial charge < -0.3 is 10.2 Å². The number of hydrogen-bond donors (Lipinski definition) is 1. The largest absolute Gasteiger partial charge is 0.331 e. The van der Waals surface area contributed by atoms with Gasteiger partial charge >= 0.3 is 0 Å². The first-order valence-electron chi connectivity index (χ1n) is 9.50. The SMILES string of the molecule is N#Cc1ccc(/C=C/C(=O)N(Cc2ccccc2[N+](=O)[O-])C2CCNCC2)cc1. The molecule has 1 N–H and O–H groups in total. The van der Waals surface area contributed by atoms with Crippen molar-refractivity contribution < 1.29 is 9.72 Å². The number of hydrogen-bond acceptors (Lipinski definition) is 5. The minimum absolute atomic E-state index is 0.0224. The van der Waals surface area contributed by atoms with E-state index in [-0.39, 0.29) is 24.2 Å². The van der Waals surface area contributed by atoms with Crippen LogP contribution in [-0.4, -0.2) is 34.9 Å². The van der Waals surface area contributed by atoms with E-state index in [1.54, 1.807) is 53.4 Å². The zero-order chi connectivity index (χ0) is 20.6. The van der Waals surface area contributed by atoms with E-state index in [2.05, 4.69) is 11.4 Å². The summed E-state index contributed by atoms with van der Waals surface area (Å²) in [7, 11) is 0. The molecule has 3 rings (SSSR count).